The van der Waals surface area contributed by atoms with Crippen LogP contribution in [0.3, 0.4) is 0 Å². The number of nitro groups is 1. The molecule has 0 fully saturated rings. The second kappa shape index (κ2) is 12.9. The lowest BCUT2D eigenvalue weighted by molar-refractivity contribution is -0.384. The standard InChI is InChI=1S/C35H33IN2O6/c1-2-43-31-19-24(18-26(36)35(31)44-21-23-11-6-12-25(17-23)38(41)42)32-33-27(13-7-15-29(33)39)37(20-22-9-4-3-5-10-22)28-14-8-16-30(40)34(28)32/h3-6,9-12,17-19,32H,2,7-8,13-16,20-21H2,1H3. The highest BCUT2D eigenvalue weighted by molar-refractivity contribution is 14.1. The minimum absolute atomic E-state index is 0.00207. The maximum absolute atomic E-state index is 13.8. The number of allylic oxidation sites excluding steroid dienone is 4. The highest BCUT2D eigenvalue weighted by atomic mass is 127. The van der Waals surface area contributed by atoms with Gasteiger partial charge in [-0.15, -0.1) is 0 Å². The number of ketones is 2. The quantitative estimate of drug-likeness (QED) is 0.127. The van der Waals surface area contributed by atoms with E-state index in [0.29, 0.717) is 43.1 Å². The Bertz CT molecular complexity index is 1650. The van der Waals surface area contributed by atoms with Crippen LogP contribution in [0.15, 0.2) is 89.3 Å². The molecular formula is C35H33IN2O6. The van der Waals surface area contributed by atoms with Crippen molar-refractivity contribution in [2.75, 3.05) is 6.61 Å². The fraction of sp³-hybridized carbons (Fsp3) is 0.314. The Hall–Kier alpha value is -3.99. The molecule has 3 aromatic carbocycles. The van der Waals surface area contributed by atoms with Gasteiger partial charge in [0.15, 0.2) is 23.1 Å². The zero-order valence-corrected chi connectivity index (χ0v) is 26.7. The molecule has 0 saturated heterocycles. The molecule has 1 heterocycles. The molecule has 0 N–H and O–H groups in total. The Kier molecular flexibility index (Phi) is 8.83. The predicted molar refractivity (Wildman–Crippen MR) is 174 cm³/mol. The summed E-state index contributed by atoms with van der Waals surface area (Å²) >= 11 is 2.21. The molecule has 0 radical (unpaired) electrons. The number of rotatable bonds is 9. The van der Waals surface area contributed by atoms with Crippen molar-refractivity contribution in [3.8, 4) is 11.5 Å². The summed E-state index contributed by atoms with van der Waals surface area (Å²) in [7, 11) is 0. The van der Waals surface area contributed by atoms with E-state index in [1.54, 1.807) is 12.1 Å². The minimum atomic E-state index is -0.467. The molecule has 2 aliphatic carbocycles. The number of Topliss-reactive ketones (excluding diaryl/α,β-unsaturated/α-hetero) is 2. The van der Waals surface area contributed by atoms with Crippen LogP contribution in [0, 0.1) is 13.7 Å². The molecule has 0 aromatic heterocycles. The molecule has 0 spiro atoms. The Morgan fingerprint density at radius 3 is 2.16 bits per heavy atom. The van der Waals surface area contributed by atoms with E-state index in [9.17, 15) is 19.7 Å². The average molecular weight is 705 g/mol. The van der Waals surface area contributed by atoms with E-state index >= 15 is 0 Å². The molecule has 1 aliphatic heterocycles. The maximum Gasteiger partial charge on any atom is 0.269 e. The van der Waals surface area contributed by atoms with Gasteiger partial charge in [-0.1, -0.05) is 42.5 Å². The Morgan fingerprint density at radius 1 is 0.864 bits per heavy atom. The van der Waals surface area contributed by atoms with Crippen molar-refractivity contribution < 1.29 is 24.0 Å². The molecule has 0 saturated carbocycles. The number of halogens is 1. The topological polar surface area (TPSA) is 99.0 Å². The van der Waals surface area contributed by atoms with Crippen molar-refractivity contribution in [3.05, 3.63) is 120 Å². The third-order valence-electron chi connectivity index (χ3n) is 8.44. The molecule has 0 atom stereocenters. The summed E-state index contributed by atoms with van der Waals surface area (Å²) in [6, 6.07) is 20.5. The fourth-order valence-electron chi connectivity index (χ4n) is 6.58. The lowest BCUT2D eigenvalue weighted by Crippen LogP contribution is -2.38. The average Bonchev–Trinajstić information content (AvgIpc) is 3.02. The maximum atomic E-state index is 13.8. The van der Waals surface area contributed by atoms with Gasteiger partial charge in [0.2, 0.25) is 0 Å². The highest BCUT2D eigenvalue weighted by Crippen LogP contribution is 2.51. The number of benzene rings is 3. The van der Waals surface area contributed by atoms with Crippen molar-refractivity contribution >= 4 is 39.8 Å². The summed E-state index contributed by atoms with van der Waals surface area (Å²) in [5.74, 6) is 0.766. The van der Waals surface area contributed by atoms with E-state index in [-0.39, 0.29) is 23.9 Å². The lowest BCUT2D eigenvalue weighted by Gasteiger charge is -2.44. The minimum Gasteiger partial charge on any atom is -0.490 e. The first-order valence-electron chi connectivity index (χ1n) is 15.0. The third-order valence-corrected chi connectivity index (χ3v) is 9.24. The molecule has 8 nitrogen and oxygen atoms in total. The zero-order chi connectivity index (χ0) is 30.8. The summed E-state index contributed by atoms with van der Waals surface area (Å²) in [5.41, 5.74) is 6.16. The van der Waals surface area contributed by atoms with Gasteiger partial charge in [0.25, 0.3) is 5.69 Å². The van der Waals surface area contributed by atoms with Gasteiger partial charge in [0.05, 0.1) is 15.1 Å². The summed E-state index contributed by atoms with van der Waals surface area (Å²) in [6.45, 7) is 3.03. The van der Waals surface area contributed by atoms with Crippen LogP contribution in [0.1, 0.15) is 68.1 Å². The first-order chi connectivity index (χ1) is 21.4. The molecule has 0 unspecified atom stereocenters. The number of nitro benzene ring substituents is 1. The number of nitrogens with zero attached hydrogens (tertiary/aromatic N) is 2. The van der Waals surface area contributed by atoms with E-state index in [2.05, 4.69) is 39.6 Å². The fourth-order valence-corrected chi connectivity index (χ4v) is 7.36. The first kappa shape index (κ1) is 30.1. The van der Waals surface area contributed by atoms with Crippen molar-refractivity contribution in [1.82, 2.24) is 4.90 Å². The van der Waals surface area contributed by atoms with Gasteiger partial charge in [-0.3, -0.25) is 19.7 Å². The van der Waals surface area contributed by atoms with Crippen LogP contribution in [0.2, 0.25) is 0 Å². The molecule has 3 aliphatic rings. The van der Waals surface area contributed by atoms with Gasteiger partial charge >= 0.3 is 0 Å². The predicted octanol–water partition coefficient (Wildman–Crippen LogP) is 7.79. The number of ether oxygens (including phenoxy) is 2. The lowest BCUT2D eigenvalue weighted by atomic mass is 9.71. The van der Waals surface area contributed by atoms with E-state index in [4.69, 9.17) is 9.47 Å². The number of carbonyl (C=O) groups excluding carboxylic acids is 2. The molecule has 3 aromatic rings. The smallest absolute Gasteiger partial charge is 0.269 e. The van der Waals surface area contributed by atoms with Crippen molar-refractivity contribution in [3.63, 3.8) is 0 Å². The number of carbonyl (C=O) groups is 2. The van der Waals surface area contributed by atoms with Crippen LogP contribution >= 0.6 is 22.6 Å². The molecule has 0 bridgehead atoms. The Balaban J connectivity index is 1.43. The number of non-ortho nitro benzene ring substituents is 1. The SMILES string of the molecule is CCOc1cc(C2C3=C(CCCC3=O)N(Cc3ccccc3)C3=C2C(=O)CCC3)cc(I)c1OCc1cccc([N+](=O)[O-])c1. The van der Waals surface area contributed by atoms with Gasteiger partial charge < -0.3 is 14.4 Å². The number of hydrogen-bond acceptors (Lipinski definition) is 7. The monoisotopic (exact) mass is 704 g/mol. The zero-order valence-electron chi connectivity index (χ0n) is 24.5. The highest BCUT2D eigenvalue weighted by Gasteiger charge is 2.43. The van der Waals surface area contributed by atoms with E-state index in [0.717, 1.165) is 62.9 Å². The molecule has 44 heavy (non-hydrogen) atoms. The van der Waals surface area contributed by atoms with E-state index < -0.39 is 10.8 Å². The van der Waals surface area contributed by atoms with Crippen LogP contribution in [0.5, 0.6) is 11.5 Å². The summed E-state index contributed by atoms with van der Waals surface area (Å²) < 4.78 is 13.1. The normalized spacial score (nSPS) is 17.0. The van der Waals surface area contributed by atoms with Crippen molar-refractivity contribution in [1.29, 1.82) is 0 Å². The number of hydrogen-bond donors (Lipinski definition) is 0. The summed E-state index contributed by atoms with van der Waals surface area (Å²) in [5, 5.41) is 11.3. The second-order valence-corrected chi connectivity index (χ2v) is 12.4. The summed E-state index contributed by atoms with van der Waals surface area (Å²) in [6.07, 6.45) is 4.08. The molecule has 0 amide bonds. The van der Waals surface area contributed by atoms with Crippen LogP contribution < -0.4 is 9.47 Å². The molecule has 6 rings (SSSR count). The second-order valence-electron chi connectivity index (χ2n) is 11.3. The molecular weight excluding hydrogens is 671 g/mol. The molecule has 226 valence electrons. The molecule has 9 heteroatoms. The van der Waals surface area contributed by atoms with E-state index in [1.165, 1.54) is 12.1 Å². The summed E-state index contributed by atoms with van der Waals surface area (Å²) in [4.78, 5) is 40.6. The van der Waals surface area contributed by atoms with Crippen molar-refractivity contribution in [2.24, 2.45) is 0 Å². The van der Waals surface area contributed by atoms with E-state index in [1.807, 2.05) is 37.3 Å². The largest absolute Gasteiger partial charge is 0.490 e. The Labute approximate surface area is 270 Å². The Morgan fingerprint density at radius 2 is 1.52 bits per heavy atom. The van der Waals surface area contributed by atoms with Crippen LogP contribution in [-0.4, -0.2) is 28.0 Å². The third kappa shape index (κ3) is 5.89. The van der Waals surface area contributed by atoms with Gasteiger partial charge in [-0.2, -0.15) is 0 Å². The van der Waals surface area contributed by atoms with Crippen LogP contribution in [0.25, 0.3) is 0 Å². The van der Waals surface area contributed by atoms with Gasteiger partial charge in [0, 0.05) is 60.0 Å². The van der Waals surface area contributed by atoms with Crippen LogP contribution in [0.4, 0.5) is 5.69 Å². The van der Waals surface area contributed by atoms with Gasteiger partial charge in [-0.25, -0.2) is 0 Å². The van der Waals surface area contributed by atoms with Gasteiger partial charge in [0.1, 0.15) is 6.61 Å². The first-order valence-corrected chi connectivity index (χ1v) is 16.1. The van der Waals surface area contributed by atoms with Gasteiger partial charge in [-0.05, 0) is 84.0 Å². The van der Waals surface area contributed by atoms with Crippen LogP contribution in [-0.2, 0) is 22.7 Å². The van der Waals surface area contributed by atoms with Crippen molar-refractivity contribution in [2.45, 2.75) is 64.5 Å².